The average molecular weight is 320 g/mol. The first-order chi connectivity index (χ1) is 10.6. The predicted molar refractivity (Wildman–Crippen MR) is 81.7 cm³/mol. The van der Waals surface area contributed by atoms with E-state index in [1.165, 1.54) is 0 Å². The fraction of sp³-hybridized carbons (Fsp3) is 0.357. The lowest BCUT2D eigenvalue weighted by Gasteiger charge is -2.27. The number of benzene rings is 1. The number of hydrogen-bond acceptors (Lipinski definition) is 7. The Bertz CT molecular complexity index is 676. The lowest BCUT2D eigenvalue weighted by Crippen LogP contribution is -2.57. The van der Waals surface area contributed by atoms with Crippen molar-refractivity contribution in [2.24, 2.45) is 0 Å². The zero-order valence-corrected chi connectivity index (χ0v) is 12.8. The molecule has 0 bridgehead atoms. The summed E-state index contributed by atoms with van der Waals surface area (Å²) in [7, 11) is 0. The molecule has 3 N–H and O–H groups in total. The molecule has 1 amide bonds. The minimum Gasteiger partial charge on any atom is -0.382 e. The Morgan fingerprint density at radius 2 is 2.36 bits per heavy atom. The molecule has 1 aliphatic heterocycles. The highest BCUT2D eigenvalue weighted by Gasteiger charge is 2.25. The summed E-state index contributed by atoms with van der Waals surface area (Å²) >= 11 is 1.55. The summed E-state index contributed by atoms with van der Waals surface area (Å²) in [5.41, 5.74) is 1.78. The first-order valence-corrected chi connectivity index (χ1v) is 7.90. The number of hydrogen-bond donors (Lipinski definition) is 3. The molecule has 0 saturated carbocycles. The molecule has 2 atom stereocenters. The van der Waals surface area contributed by atoms with Crippen LogP contribution >= 0.6 is 11.8 Å². The van der Waals surface area contributed by atoms with Crippen molar-refractivity contribution in [3.05, 3.63) is 35.7 Å². The highest BCUT2D eigenvalue weighted by Crippen LogP contribution is 2.21. The molecule has 22 heavy (non-hydrogen) atoms. The molecule has 3 rings (SSSR count). The molecule has 116 valence electrons. The van der Waals surface area contributed by atoms with Gasteiger partial charge in [-0.15, -0.1) is 11.8 Å². The smallest absolute Gasteiger partial charge is 0.252 e. The van der Waals surface area contributed by atoms with E-state index in [9.17, 15) is 9.90 Å². The van der Waals surface area contributed by atoms with E-state index >= 15 is 0 Å². The Morgan fingerprint density at radius 3 is 3.09 bits per heavy atom. The maximum absolute atomic E-state index is 11.4. The lowest BCUT2D eigenvalue weighted by atomic mass is 10.1. The van der Waals surface area contributed by atoms with E-state index in [2.05, 4.69) is 20.8 Å². The van der Waals surface area contributed by atoms with E-state index < -0.39 is 6.10 Å². The number of nitrogens with zero attached hydrogens (tertiary/aromatic N) is 2. The fourth-order valence-corrected chi connectivity index (χ4v) is 3.04. The fourth-order valence-electron chi connectivity index (χ4n) is 2.08. The molecule has 1 aliphatic rings. The molecule has 0 spiro atoms. The first-order valence-electron chi connectivity index (χ1n) is 6.85. The summed E-state index contributed by atoms with van der Waals surface area (Å²) in [6.07, 6.45) is -0.971. The van der Waals surface area contributed by atoms with Gasteiger partial charge in [-0.25, -0.2) is 0 Å². The Morgan fingerprint density at radius 1 is 1.50 bits per heavy atom. The molecule has 0 radical (unpaired) electrons. The summed E-state index contributed by atoms with van der Waals surface area (Å²) in [6.45, 7) is 2.02. The summed E-state index contributed by atoms with van der Waals surface area (Å²) in [5.74, 6) is 1.46. The van der Waals surface area contributed by atoms with Crippen molar-refractivity contribution in [3.63, 3.8) is 0 Å². The molecule has 2 unspecified atom stereocenters. The normalized spacial score (nSPS) is 21.6. The third kappa shape index (κ3) is 3.46. The minimum atomic E-state index is -0.971. The monoisotopic (exact) mass is 320 g/mol. The number of carbonyl (C=O) groups is 1. The molecule has 7 nitrogen and oxygen atoms in total. The number of β-amino-alcohol motifs (C(OH)–C–C–N with tert-alkyl or cyclic N) is 1. The van der Waals surface area contributed by atoms with Crippen molar-refractivity contribution < 1.29 is 14.4 Å². The average Bonchev–Trinajstić information content (AvgIpc) is 2.95. The van der Waals surface area contributed by atoms with Gasteiger partial charge in [-0.1, -0.05) is 23.4 Å². The van der Waals surface area contributed by atoms with E-state index in [-0.39, 0.29) is 17.9 Å². The van der Waals surface area contributed by atoms with Crippen molar-refractivity contribution in [1.82, 2.24) is 20.8 Å². The highest BCUT2D eigenvalue weighted by atomic mass is 32.2. The Balaban J connectivity index is 1.62. The lowest BCUT2D eigenvalue weighted by molar-refractivity contribution is -0.131. The van der Waals surface area contributed by atoms with E-state index in [0.717, 1.165) is 11.1 Å². The van der Waals surface area contributed by atoms with Crippen LogP contribution in [0, 0.1) is 6.92 Å². The standard InChI is InChI=1S/C14H16N4O3S/c1-8-16-12(18-21-8)10-4-2-3-9(5-10)7-22-14-15-6-11(19)13(20)17-14/h2-5,11,14-15,19H,6-7H2,1H3,(H,17,20). The maximum atomic E-state index is 11.4. The zero-order chi connectivity index (χ0) is 15.5. The second-order valence-electron chi connectivity index (χ2n) is 4.96. The molecular weight excluding hydrogens is 304 g/mol. The van der Waals surface area contributed by atoms with Crippen molar-refractivity contribution in [1.29, 1.82) is 0 Å². The summed E-state index contributed by atoms with van der Waals surface area (Å²) < 4.78 is 4.99. The Kier molecular flexibility index (Phi) is 4.41. The zero-order valence-electron chi connectivity index (χ0n) is 11.9. The number of aliphatic hydroxyl groups is 1. The summed E-state index contributed by atoms with van der Waals surface area (Å²) in [5, 5.41) is 19.0. The Labute approximate surface area is 131 Å². The third-order valence-corrected chi connectivity index (χ3v) is 4.32. The van der Waals surface area contributed by atoms with Crippen LogP contribution in [0.25, 0.3) is 11.4 Å². The van der Waals surface area contributed by atoms with Gasteiger partial charge in [-0.3, -0.25) is 10.1 Å². The SMILES string of the molecule is Cc1nc(-c2cccc(CSC3NCC(O)C(=O)N3)c2)no1. The van der Waals surface area contributed by atoms with Crippen LogP contribution < -0.4 is 10.6 Å². The van der Waals surface area contributed by atoms with Gasteiger partial charge in [0.25, 0.3) is 5.91 Å². The van der Waals surface area contributed by atoms with Crippen LogP contribution in [-0.2, 0) is 10.5 Å². The van der Waals surface area contributed by atoms with Gasteiger partial charge >= 0.3 is 0 Å². The van der Waals surface area contributed by atoms with Crippen molar-refractivity contribution >= 4 is 17.7 Å². The predicted octanol–water partition coefficient (Wildman–Crippen LogP) is 0.642. The third-order valence-electron chi connectivity index (χ3n) is 3.20. The van der Waals surface area contributed by atoms with Crippen molar-refractivity contribution in [3.8, 4) is 11.4 Å². The van der Waals surface area contributed by atoms with Crippen molar-refractivity contribution in [2.45, 2.75) is 24.3 Å². The van der Waals surface area contributed by atoms with Gasteiger partial charge < -0.3 is 14.9 Å². The van der Waals surface area contributed by atoms with Crippen molar-refractivity contribution in [2.75, 3.05) is 6.54 Å². The molecule has 8 heteroatoms. The minimum absolute atomic E-state index is 0.202. The summed E-state index contributed by atoms with van der Waals surface area (Å²) in [4.78, 5) is 15.6. The largest absolute Gasteiger partial charge is 0.382 e. The van der Waals surface area contributed by atoms with Gasteiger partial charge in [0.1, 0.15) is 11.6 Å². The molecule has 1 aromatic carbocycles. The van der Waals surface area contributed by atoms with Crippen LogP contribution in [0.5, 0.6) is 0 Å². The van der Waals surface area contributed by atoms with E-state index in [1.54, 1.807) is 18.7 Å². The number of aliphatic hydroxyl groups excluding tert-OH is 1. The van der Waals surface area contributed by atoms with Gasteiger partial charge in [-0.2, -0.15) is 4.98 Å². The molecule has 2 aromatic rings. The van der Waals surface area contributed by atoms with Crippen LogP contribution in [0.15, 0.2) is 28.8 Å². The van der Waals surface area contributed by atoms with Crippen LogP contribution in [-0.4, -0.2) is 39.3 Å². The van der Waals surface area contributed by atoms with Crippen LogP contribution in [0.2, 0.25) is 0 Å². The molecular formula is C14H16N4O3S. The van der Waals surface area contributed by atoms with Gasteiger partial charge in [0, 0.05) is 24.8 Å². The molecule has 2 heterocycles. The number of nitrogens with one attached hydrogen (secondary N) is 2. The topological polar surface area (TPSA) is 100 Å². The highest BCUT2D eigenvalue weighted by molar-refractivity contribution is 7.99. The van der Waals surface area contributed by atoms with Crippen LogP contribution in [0.4, 0.5) is 0 Å². The summed E-state index contributed by atoms with van der Waals surface area (Å²) in [6, 6.07) is 7.86. The molecule has 1 fully saturated rings. The van der Waals surface area contributed by atoms with Gasteiger partial charge in [0.05, 0.1) is 0 Å². The van der Waals surface area contributed by atoms with Gasteiger partial charge in [-0.05, 0) is 11.6 Å². The number of thioether (sulfide) groups is 1. The second kappa shape index (κ2) is 6.47. The molecule has 1 aromatic heterocycles. The first kappa shape index (κ1) is 15.0. The quantitative estimate of drug-likeness (QED) is 0.760. The Hall–Kier alpha value is -1.90. The van der Waals surface area contributed by atoms with E-state index in [4.69, 9.17) is 4.52 Å². The number of amides is 1. The van der Waals surface area contributed by atoms with E-state index in [1.807, 2.05) is 24.3 Å². The molecule has 1 saturated heterocycles. The number of aromatic nitrogens is 2. The van der Waals surface area contributed by atoms with Gasteiger partial charge in [0.15, 0.2) is 0 Å². The number of aryl methyl sites for hydroxylation is 1. The second-order valence-corrected chi connectivity index (χ2v) is 6.05. The number of rotatable bonds is 4. The van der Waals surface area contributed by atoms with Crippen LogP contribution in [0.3, 0.4) is 0 Å². The van der Waals surface area contributed by atoms with Crippen LogP contribution in [0.1, 0.15) is 11.5 Å². The van der Waals surface area contributed by atoms with Gasteiger partial charge in [0.2, 0.25) is 11.7 Å². The number of carbonyl (C=O) groups excluding carboxylic acids is 1. The van der Waals surface area contributed by atoms with E-state index in [0.29, 0.717) is 17.5 Å². The maximum Gasteiger partial charge on any atom is 0.252 e. The molecule has 0 aliphatic carbocycles.